The predicted molar refractivity (Wildman–Crippen MR) is 451 cm³/mol. The van der Waals surface area contributed by atoms with E-state index >= 15 is 0 Å². The molecule has 0 saturated heterocycles. The fourth-order valence-corrected chi connectivity index (χ4v) is 15.5. The van der Waals surface area contributed by atoms with Gasteiger partial charge in [-0.1, -0.05) is 421 Å². The monoisotopic (exact) mass is 1590 g/mol. The van der Waals surface area contributed by atoms with Crippen molar-refractivity contribution >= 4 is 39.5 Å². The molecule has 0 radical (unpaired) electrons. The summed E-state index contributed by atoms with van der Waals surface area (Å²) in [6.45, 7) is 14.4. The van der Waals surface area contributed by atoms with Crippen molar-refractivity contribution in [1.29, 1.82) is 0 Å². The highest BCUT2D eigenvalue weighted by atomic mass is 31.2. The number of unbranched alkanes of at least 4 members (excludes halogenated alkanes) is 50. The fourth-order valence-electron chi connectivity index (χ4n) is 13.9. The van der Waals surface area contributed by atoms with E-state index in [1.807, 2.05) is 0 Å². The summed E-state index contributed by atoms with van der Waals surface area (Å²) in [7, 11) is -9.94. The van der Waals surface area contributed by atoms with Crippen molar-refractivity contribution in [3.63, 3.8) is 0 Å². The number of esters is 4. The third-order valence-corrected chi connectivity index (χ3v) is 24.1. The average Bonchev–Trinajstić information content (AvgIpc) is 0.898. The lowest BCUT2D eigenvalue weighted by Gasteiger charge is -2.21. The molecule has 3 N–H and O–H groups in total. The summed E-state index contributed by atoms with van der Waals surface area (Å²) in [4.78, 5) is 73.4. The van der Waals surface area contributed by atoms with E-state index in [4.69, 9.17) is 37.0 Å². The van der Waals surface area contributed by atoms with Gasteiger partial charge in [-0.15, -0.1) is 0 Å². The Morgan fingerprint density at radius 2 is 0.440 bits per heavy atom. The Morgan fingerprint density at radius 3 is 0.651 bits per heavy atom. The Labute approximate surface area is 670 Å². The van der Waals surface area contributed by atoms with E-state index in [1.165, 1.54) is 270 Å². The van der Waals surface area contributed by atoms with Crippen LogP contribution in [0.4, 0.5) is 0 Å². The molecule has 0 aliphatic rings. The van der Waals surface area contributed by atoms with Gasteiger partial charge in [-0.05, 0) is 49.4 Å². The molecule has 0 saturated carbocycles. The normalized spacial score (nSPS) is 14.6. The summed E-state index contributed by atoms with van der Waals surface area (Å²) in [5.74, 6) is 1.16. The van der Waals surface area contributed by atoms with Crippen molar-refractivity contribution in [3.8, 4) is 0 Å². The Balaban J connectivity index is 5.23. The Hall–Kier alpha value is -1.94. The quantitative estimate of drug-likeness (QED) is 0.0222. The van der Waals surface area contributed by atoms with Crippen LogP contribution in [0, 0.1) is 23.7 Å². The minimum atomic E-state index is -4.97. The van der Waals surface area contributed by atoms with Crippen LogP contribution in [0.1, 0.15) is 473 Å². The zero-order valence-corrected chi connectivity index (χ0v) is 74.0. The highest BCUT2D eigenvalue weighted by Gasteiger charge is 2.31. The average molecular weight is 1590 g/mol. The zero-order chi connectivity index (χ0) is 80.2. The molecular weight excluding hydrogens is 1410 g/mol. The number of hydrogen-bond donors (Lipinski definition) is 3. The van der Waals surface area contributed by atoms with Crippen LogP contribution in [0.3, 0.4) is 0 Å². The van der Waals surface area contributed by atoms with Crippen molar-refractivity contribution < 1.29 is 80.2 Å². The smallest absolute Gasteiger partial charge is 0.462 e. The van der Waals surface area contributed by atoms with Crippen molar-refractivity contribution in [2.24, 2.45) is 23.7 Å². The van der Waals surface area contributed by atoms with E-state index in [9.17, 15) is 43.2 Å². The van der Waals surface area contributed by atoms with Crippen LogP contribution >= 0.6 is 15.6 Å². The van der Waals surface area contributed by atoms with Crippen molar-refractivity contribution in [3.05, 3.63) is 0 Å². The molecule has 0 rings (SSSR count). The largest absolute Gasteiger partial charge is 0.472 e. The molecule has 0 aromatic carbocycles. The van der Waals surface area contributed by atoms with E-state index < -0.39 is 97.5 Å². The number of aliphatic hydroxyl groups is 1. The number of ether oxygens (including phenoxy) is 4. The molecule has 17 nitrogen and oxygen atoms in total. The van der Waals surface area contributed by atoms with Crippen molar-refractivity contribution in [2.75, 3.05) is 39.6 Å². The molecule has 0 spiro atoms. The van der Waals surface area contributed by atoms with Crippen LogP contribution in [0.5, 0.6) is 0 Å². The molecule has 109 heavy (non-hydrogen) atoms. The number of phosphoric acid groups is 2. The van der Waals surface area contributed by atoms with Crippen LogP contribution in [0.25, 0.3) is 0 Å². The molecule has 19 heteroatoms. The molecule has 8 atom stereocenters. The SMILES string of the molecule is CCC(C)CCCCCCCCCCCCCCCCCCCCC(=O)O[C@H](COC(=O)CCCCCCCCCCCCCCCCCCC(C)C)COP(=O)(O)OC[C@@H](O)COP(=O)(O)OC[C@@H](COC(=O)CCCCCCCCC(C)CC)OC(=O)CCCCCCCCCCCCCCCCC(C)CC. The first-order chi connectivity index (χ1) is 52.7. The molecule has 0 heterocycles. The number of carbonyl (C=O) groups excluding carboxylic acids is 4. The summed E-state index contributed by atoms with van der Waals surface area (Å²) in [6.07, 6.45) is 69.4. The second kappa shape index (κ2) is 78.6. The number of hydrogen-bond acceptors (Lipinski definition) is 15. The topological polar surface area (TPSA) is 237 Å². The van der Waals surface area contributed by atoms with Crippen LogP contribution < -0.4 is 0 Å². The van der Waals surface area contributed by atoms with Crippen LogP contribution in [-0.2, 0) is 65.4 Å². The first kappa shape index (κ1) is 107. The molecule has 0 fully saturated rings. The van der Waals surface area contributed by atoms with Crippen molar-refractivity contribution in [2.45, 2.75) is 491 Å². The van der Waals surface area contributed by atoms with Gasteiger partial charge < -0.3 is 33.8 Å². The first-order valence-corrected chi connectivity index (χ1v) is 49.3. The Bertz CT molecular complexity index is 2120. The lowest BCUT2D eigenvalue weighted by molar-refractivity contribution is -0.161. The molecule has 5 unspecified atom stereocenters. The number of rotatable bonds is 87. The number of phosphoric ester groups is 2. The van der Waals surface area contributed by atoms with Gasteiger partial charge in [0, 0.05) is 25.7 Å². The second-order valence-corrected chi connectivity index (χ2v) is 36.5. The van der Waals surface area contributed by atoms with Gasteiger partial charge in [0.05, 0.1) is 26.4 Å². The highest BCUT2D eigenvalue weighted by molar-refractivity contribution is 7.47. The Morgan fingerprint density at radius 1 is 0.257 bits per heavy atom. The maximum absolute atomic E-state index is 13.2. The van der Waals surface area contributed by atoms with Crippen molar-refractivity contribution in [1.82, 2.24) is 0 Å². The molecule has 0 bridgehead atoms. The maximum Gasteiger partial charge on any atom is 0.472 e. The third-order valence-electron chi connectivity index (χ3n) is 22.2. The van der Waals surface area contributed by atoms with E-state index in [2.05, 4.69) is 55.4 Å². The van der Waals surface area contributed by atoms with Crippen LogP contribution in [-0.4, -0.2) is 96.7 Å². The van der Waals surface area contributed by atoms with Gasteiger partial charge in [0.1, 0.15) is 19.3 Å². The predicted octanol–water partition coefficient (Wildman–Crippen LogP) is 27.5. The van der Waals surface area contributed by atoms with E-state index in [0.717, 1.165) is 120 Å². The van der Waals surface area contributed by atoms with Gasteiger partial charge in [0.2, 0.25) is 0 Å². The zero-order valence-electron chi connectivity index (χ0n) is 72.2. The standard InChI is InChI=1S/C90H176O17P2/c1-9-81(6)67-59-51-43-37-31-25-19-14-12-13-15-21-28-34-40-46-56-64-72-89(94)106-85(76-100-87(92)70-62-54-45-39-33-27-20-17-16-18-24-30-36-42-50-58-66-80(4)5)78-104-108(96,97)102-74-84(91)75-103-109(98,99)105-79-86(77-101-88(93)71-63-55-49-48-53-61-69-83(8)11-3)107-90(95)73-65-57-47-41-35-29-23-22-26-32-38-44-52-60-68-82(7)10-2/h80-86,91H,9-79H2,1-8H3,(H,96,97)(H,98,99)/t81?,82?,83?,84-,85-,86-/m1/s1. The molecule has 0 aromatic heterocycles. The summed E-state index contributed by atoms with van der Waals surface area (Å²) in [6, 6.07) is 0. The van der Waals surface area contributed by atoms with E-state index in [0.29, 0.717) is 25.7 Å². The van der Waals surface area contributed by atoms with Crippen LogP contribution in [0.15, 0.2) is 0 Å². The van der Waals surface area contributed by atoms with Gasteiger partial charge in [0.25, 0.3) is 0 Å². The third kappa shape index (κ3) is 79.7. The summed E-state index contributed by atoms with van der Waals surface area (Å²) in [5, 5.41) is 10.7. The minimum Gasteiger partial charge on any atom is -0.462 e. The van der Waals surface area contributed by atoms with Gasteiger partial charge in [-0.2, -0.15) is 0 Å². The van der Waals surface area contributed by atoms with Gasteiger partial charge in [-0.25, -0.2) is 9.13 Å². The van der Waals surface area contributed by atoms with Crippen LogP contribution in [0.2, 0.25) is 0 Å². The maximum atomic E-state index is 13.2. The number of carbonyl (C=O) groups is 4. The van der Waals surface area contributed by atoms with E-state index in [-0.39, 0.29) is 25.7 Å². The molecule has 0 aliphatic carbocycles. The van der Waals surface area contributed by atoms with Gasteiger partial charge in [0.15, 0.2) is 12.2 Å². The first-order valence-electron chi connectivity index (χ1n) is 46.3. The highest BCUT2D eigenvalue weighted by Crippen LogP contribution is 2.45. The molecule has 0 amide bonds. The van der Waals surface area contributed by atoms with Gasteiger partial charge >= 0.3 is 39.5 Å². The second-order valence-electron chi connectivity index (χ2n) is 33.5. The number of aliphatic hydroxyl groups excluding tert-OH is 1. The Kier molecular flexibility index (Phi) is 77.2. The molecule has 0 aromatic rings. The molecular formula is C90H176O17P2. The summed E-state index contributed by atoms with van der Waals surface area (Å²) < 4.78 is 69.0. The lowest BCUT2D eigenvalue weighted by Crippen LogP contribution is -2.30. The summed E-state index contributed by atoms with van der Waals surface area (Å²) >= 11 is 0. The summed E-state index contributed by atoms with van der Waals surface area (Å²) in [5.41, 5.74) is 0. The minimum absolute atomic E-state index is 0.107. The molecule has 0 aliphatic heterocycles. The van der Waals surface area contributed by atoms with Gasteiger partial charge in [-0.3, -0.25) is 37.3 Å². The van der Waals surface area contributed by atoms with E-state index in [1.54, 1.807) is 0 Å². The fraction of sp³-hybridized carbons (Fsp3) is 0.956. The molecule has 648 valence electrons. The lowest BCUT2D eigenvalue weighted by atomic mass is 9.99.